The van der Waals surface area contributed by atoms with Crippen LogP contribution in [0.25, 0.3) is 0 Å². The monoisotopic (exact) mass is 327 g/mol. The van der Waals surface area contributed by atoms with E-state index < -0.39 is 5.56 Å². The van der Waals surface area contributed by atoms with Gasteiger partial charge in [-0.2, -0.15) is 0 Å². The average molecular weight is 327 g/mol. The third-order valence-corrected chi connectivity index (χ3v) is 3.62. The molecule has 0 radical (unpaired) electrons. The second-order valence-electron chi connectivity index (χ2n) is 5.72. The van der Waals surface area contributed by atoms with E-state index in [2.05, 4.69) is 10.6 Å². The van der Waals surface area contributed by atoms with Crippen LogP contribution in [0, 0.1) is 13.8 Å². The molecule has 0 fully saturated rings. The fourth-order valence-corrected chi connectivity index (χ4v) is 2.26. The van der Waals surface area contributed by atoms with E-state index >= 15 is 0 Å². The molecule has 1 aromatic heterocycles. The Morgan fingerprint density at radius 3 is 2.33 bits per heavy atom. The van der Waals surface area contributed by atoms with Crippen molar-refractivity contribution in [2.24, 2.45) is 0 Å². The number of rotatable bonds is 5. The molecule has 6 nitrogen and oxygen atoms in total. The molecule has 2 N–H and O–H groups in total. The van der Waals surface area contributed by atoms with Crippen LogP contribution in [-0.2, 0) is 22.7 Å². The number of nitrogens with zero attached hydrogens (tertiary/aromatic N) is 1. The van der Waals surface area contributed by atoms with Crippen LogP contribution in [0.1, 0.15) is 23.7 Å². The molecule has 2 amide bonds. The predicted molar refractivity (Wildman–Crippen MR) is 92.8 cm³/mol. The molecule has 1 heterocycles. The Balaban J connectivity index is 2.06. The van der Waals surface area contributed by atoms with E-state index in [1.165, 1.54) is 11.5 Å². The van der Waals surface area contributed by atoms with E-state index in [1.54, 1.807) is 19.1 Å². The number of carbonyl (C=O) groups excluding carboxylic acids is 2. The first-order chi connectivity index (χ1) is 11.4. The lowest BCUT2D eigenvalue weighted by Crippen LogP contribution is -2.34. The van der Waals surface area contributed by atoms with Gasteiger partial charge in [-0.15, -0.1) is 0 Å². The molecule has 6 heteroatoms. The van der Waals surface area contributed by atoms with Gasteiger partial charge in [0.05, 0.1) is 0 Å². The van der Waals surface area contributed by atoms with Crippen LogP contribution in [0.5, 0.6) is 0 Å². The fourth-order valence-electron chi connectivity index (χ4n) is 2.26. The van der Waals surface area contributed by atoms with Gasteiger partial charge in [0, 0.05) is 19.2 Å². The van der Waals surface area contributed by atoms with E-state index in [0.717, 1.165) is 11.1 Å². The van der Waals surface area contributed by atoms with Crippen LogP contribution in [0.15, 0.2) is 41.2 Å². The summed E-state index contributed by atoms with van der Waals surface area (Å²) in [5.41, 5.74) is 2.57. The van der Waals surface area contributed by atoms with Crippen LogP contribution < -0.4 is 16.2 Å². The van der Waals surface area contributed by atoms with Crippen molar-refractivity contribution >= 4 is 17.5 Å². The molecular weight excluding hydrogens is 306 g/mol. The van der Waals surface area contributed by atoms with E-state index in [0.29, 0.717) is 12.2 Å². The van der Waals surface area contributed by atoms with E-state index in [1.807, 2.05) is 31.2 Å². The number of aromatic nitrogens is 1. The average Bonchev–Trinajstić information content (AvgIpc) is 2.53. The third-order valence-electron chi connectivity index (χ3n) is 3.62. The van der Waals surface area contributed by atoms with Crippen molar-refractivity contribution in [3.63, 3.8) is 0 Å². The Kier molecular flexibility index (Phi) is 5.52. The topological polar surface area (TPSA) is 80.2 Å². The lowest BCUT2D eigenvalue weighted by atomic mass is 10.1. The Hall–Kier alpha value is -2.89. The molecule has 126 valence electrons. The quantitative estimate of drug-likeness (QED) is 0.878. The number of carbonyl (C=O) groups is 2. The van der Waals surface area contributed by atoms with Gasteiger partial charge in [-0.3, -0.25) is 14.4 Å². The molecule has 0 bridgehead atoms. The zero-order valence-electron chi connectivity index (χ0n) is 14.1. The number of hydrogen-bond acceptors (Lipinski definition) is 3. The molecule has 0 saturated heterocycles. The predicted octanol–water partition coefficient (Wildman–Crippen LogP) is 1.74. The second-order valence-corrected chi connectivity index (χ2v) is 5.72. The van der Waals surface area contributed by atoms with Crippen LogP contribution in [-0.4, -0.2) is 16.4 Å². The summed E-state index contributed by atoms with van der Waals surface area (Å²) in [5.74, 6) is -0.591. The minimum absolute atomic E-state index is 0.0933. The number of amides is 2. The van der Waals surface area contributed by atoms with Crippen molar-refractivity contribution in [1.29, 1.82) is 0 Å². The van der Waals surface area contributed by atoms with Crippen LogP contribution in [0.3, 0.4) is 0 Å². The molecule has 0 saturated carbocycles. The van der Waals surface area contributed by atoms with Crippen molar-refractivity contribution in [3.05, 3.63) is 63.6 Å². The molecule has 0 spiro atoms. The molecule has 2 aromatic rings. The molecule has 0 atom stereocenters. The van der Waals surface area contributed by atoms with E-state index in [4.69, 9.17) is 0 Å². The van der Waals surface area contributed by atoms with Gasteiger partial charge in [0.25, 0.3) is 5.56 Å². The van der Waals surface area contributed by atoms with Gasteiger partial charge in [-0.1, -0.05) is 29.8 Å². The summed E-state index contributed by atoms with van der Waals surface area (Å²) < 4.78 is 1.34. The number of anilines is 1. The number of nitrogens with one attached hydrogen (secondary N) is 2. The van der Waals surface area contributed by atoms with Crippen molar-refractivity contribution in [2.75, 3.05) is 5.32 Å². The van der Waals surface area contributed by atoms with Crippen molar-refractivity contribution < 1.29 is 9.59 Å². The molecule has 2 rings (SSSR count). The number of hydrogen-bond donors (Lipinski definition) is 2. The summed E-state index contributed by atoms with van der Waals surface area (Å²) in [6, 6.07) is 11.1. The Morgan fingerprint density at radius 1 is 1.04 bits per heavy atom. The van der Waals surface area contributed by atoms with Crippen molar-refractivity contribution in [1.82, 2.24) is 9.88 Å². The standard InChI is InChI=1S/C18H21N3O3/c1-12-4-7-15(8-5-12)10-19-17(23)11-21-13(2)6-9-16(18(21)24)20-14(3)22/h4-9H,10-11H2,1-3H3,(H,19,23)(H,20,22). The number of benzene rings is 1. The smallest absolute Gasteiger partial charge is 0.274 e. The highest BCUT2D eigenvalue weighted by molar-refractivity contribution is 5.88. The molecular formula is C18H21N3O3. The van der Waals surface area contributed by atoms with Gasteiger partial charge >= 0.3 is 0 Å². The maximum absolute atomic E-state index is 12.3. The summed E-state index contributed by atoms with van der Waals surface area (Å²) in [6.07, 6.45) is 0. The van der Waals surface area contributed by atoms with Gasteiger partial charge in [-0.05, 0) is 31.5 Å². The minimum Gasteiger partial charge on any atom is -0.350 e. The Bertz CT molecular complexity index is 807. The van der Waals surface area contributed by atoms with Crippen molar-refractivity contribution in [3.8, 4) is 0 Å². The summed E-state index contributed by atoms with van der Waals surface area (Å²) in [4.78, 5) is 35.6. The summed E-state index contributed by atoms with van der Waals surface area (Å²) >= 11 is 0. The lowest BCUT2D eigenvalue weighted by Gasteiger charge is -2.12. The highest BCUT2D eigenvalue weighted by Gasteiger charge is 2.11. The minimum atomic E-state index is -0.393. The first-order valence-electron chi connectivity index (χ1n) is 7.67. The van der Waals surface area contributed by atoms with Crippen LogP contribution >= 0.6 is 0 Å². The summed E-state index contributed by atoms with van der Waals surface area (Å²) in [7, 11) is 0. The molecule has 0 aliphatic carbocycles. The third kappa shape index (κ3) is 4.55. The summed E-state index contributed by atoms with van der Waals surface area (Å²) in [6.45, 7) is 5.38. The molecule has 0 aliphatic rings. The molecule has 1 aromatic carbocycles. The van der Waals surface area contributed by atoms with Gasteiger partial charge in [0.1, 0.15) is 12.2 Å². The van der Waals surface area contributed by atoms with E-state index in [-0.39, 0.29) is 24.0 Å². The normalized spacial score (nSPS) is 10.3. The zero-order chi connectivity index (χ0) is 17.7. The maximum atomic E-state index is 12.3. The number of pyridine rings is 1. The maximum Gasteiger partial charge on any atom is 0.274 e. The fraction of sp³-hybridized carbons (Fsp3) is 0.278. The van der Waals surface area contributed by atoms with Gasteiger partial charge in [0.15, 0.2) is 0 Å². The highest BCUT2D eigenvalue weighted by atomic mass is 16.2. The first kappa shape index (κ1) is 17.5. The molecule has 0 aliphatic heterocycles. The van der Waals surface area contributed by atoms with Crippen LogP contribution in [0.2, 0.25) is 0 Å². The Labute approximate surface area is 140 Å². The lowest BCUT2D eigenvalue weighted by molar-refractivity contribution is -0.121. The van der Waals surface area contributed by atoms with Gasteiger partial charge < -0.3 is 15.2 Å². The number of aryl methyl sites for hydroxylation is 2. The molecule has 24 heavy (non-hydrogen) atoms. The second kappa shape index (κ2) is 7.59. The van der Waals surface area contributed by atoms with E-state index in [9.17, 15) is 14.4 Å². The highest BCUT2D eigenvalue weighted by Crippen LogP contribution is 2.04. The van der Waals surface area contributed by atoms with Gasteiger partial charge in [0.2, 0.25) is 11.8 Å². The van der Waals surface area contributed by atoms with Gasteiger partial charge in [-0.25, -0.2) is 0 Å². The molecule has 0 unspecified atom stereocenters. The Morgan fingerprint density at radius 2 is 1.71 bits per heavy atom. The first-order valence-corrected chi connectivity index (χ1v) is 7.67. The summed E-state index contributed by atoms with van der Waals surface area (Å²) in [5, 5.41) is 5.27. The SMILES string of the molecule is CC(=O)Nc1ccc(C)n(CC(=O)NCc2ccc(C)cc2)c1=O. The zero-order valence-corrected chi connectivity index (χ0v) is 14.1. The largest absolute Gasteiger partial charge is 0.350 e. The van der Waals surface area contributed by atoms with Crippen LogP contribution in [0.4, 0.5) is 5.69 Å². The van der Waals surface area contributed by atoms with Crippen molar-refractivity contribution in [2.45, 2.75) is 33.9 Å².